The van der Waals surface area contributed by atoms with E-state index < -0.39 is 28.5 Å². The van der Waals surface area contributed by atoms with E-state index >= 15 is 0 Å². The van der Waals surface area contributed by atoms with Crippen LogP contribution in [0, 0.1) is 0 Å². The zero-order valence-corrected chi connectivity index (χ0v) is 23.3. The number of ether oxygens (including phenoxy) is 1. The van der Waals surface area contributed by atoms with Gasteiger partial charge in [-0.25, -0.2) is 13.2 Å². The Bertz CT molecular complexity index is 1530. The van der Waals surface area contributed by atoms with Gasteiger partial charge in [0.1, 0.15) is 10.6 Å². The normalized spacial score (nSPS) is 12.3. The van der Waals surface area contributed by atoms with Gasteiger partial charge in [-0.05, 0) is 59.5 Å². The van der Waals surface area contributed by atoms with E-state index in [1.54, 1.807) is 48.5 Å². The van der Waals surface area contributed by atoms with Crippen molar-refractivity contribution in [3.8, 4) is 5.75 Å². The van der Waals surface area contributed by atoms with E-state index in [1.165, 1.54) is 12.1 Å². The van der Waals surface area contributed by atoms with Gasteiger partial charge in [-0.3, -0.25) is 4.90 Å². The van der Waals surface area contributed by atoms with Crippen LogP contribution in [0.5, 0.6) is 5.75 Å². The van der Waals surface area contributed by atoms with Crippen LogP contribution in [0.2, 0.25) is 5.02 Å². The van der Waals surface area contributed by atoms with Crippen LogP contribution in [-0.2, 0) is 27.6 Å². The van der Waals surface area contributed by atoms with Gasteiger partial charge < -0.3 is 14.9 Å². The van der Waals surface area contributed by atoms with Crippen molar-refractivity contribution < 1.29 is 28.2 Å². The van der Waals surface area contributed by atoms with Crippen LogP contribution in [0.25, 0.3) is 0 Å². The third-order valence-corrected chi connectivity index (χ3v) is 8.40. The highest BCUT2D eigenvalue weighted by Crippen LogP contribution is 2.29. The lowest BCUT2D eigenvalue weighted by atomic mass is 10.1. The molecule has 0 unspecified atom stereocenters. The SMILES string of the molecule is O=C(O)COc1ccccc1S(=O)(=O)c1ccc(CCN(Cc2ccccc2)C[C@H](O)c2cccc(Cl)c2)cc1. The molecule has 208 valence electrons. The molecule has 0 radical (unpaired) electrons. The first-order chi connectivity index (χ1) is 19.2. The molecule has 7 nitrogen and oxygen atoms in total. The summed E-state index contributed by atoms with van der Waals surface area (Å²) in [5.41, 5.74) is 2.79. The molecule has 0 aliphatic carbocycles. The summed E-state index contributed by atoms with van der Waals surface area (Å²) >= 11 is 6.12. The zero-order chi connectivity index (χ0) is 28.5. The molecule has 0 aliphatic heterocycles. The van der Waals surface area contributed by atoms with Gasteiger partial charge in [0, 0.05) is 24.7 Å². The molecule has 1 atom stereocenters. The van der Waals surface area contributed by atoms with Crippen molar-refractivity contribution in [2.24, 2.45) is 0 Å². The van der Waals surface area contributed by atoms with E-state index in [1.807, 2.05) is 42.5 Å². The molecule has 9 heteroatoms. The molecule has 0 saturated carbocycles. The average molecular weight is 580 g/mol. The molecular weight excluding hydrogens is 550 g/mol. The Morgan fingerprint density at radius 1 is 0.875 bits per heavy atom. The maximum atomic E-state index is 13.3. The van der Waals surface area contributed by atoms with E-state index in [0.717, 1.165) is 16.7 Å². The smallest absolute Gasteiger partial charge is 0.341 e. The number of hydrogen-bond donors (Lipinski definition) is 2. The molecule has 4 aromatic carbocycles. The molecule has 0 aliphatic rings. The number of nitrogens with zero attached hydrogens (tertiary/aromatic N) is 1. The van der Waals surface area contributed by atoms with Crippen molar-refractivity contribution in [3.63, 3.8) is 0 Å². The molecule has 4 aromatic rings. The number of carboxylic acid groups (broad SMARTS) is 1. The summed E-state index contributed by atoms with van der Waals surface area (Å²) in [6, 6.07) is 29.8. The summed E-state index contributed by atoms with van der Waals surface area (Å²) in [4.78, 5) is 13.0. The Morgan fingerprint density at radius 3 is 2.27 bits per heavy atom. The molecule has 0 saturated heterocycles. The lowest BCUT2D eigenvalue weighted by Crippen LogP contribution is -2.30. The predicted octanol–water partition coefficient (Wildman–Crippen LogP) is 5.41. The molecule has 0 bridgehead atoms. The topological polar surface area (TPSA) is 104 Å². The van der Waals surface area contributed by atoms with E-state index in [9.17, 15) is 18.3 Å². The number of halogens is 1. The number of aliphatic hydroxyl groups excluding tert-OH is 1. The van der Waals surface area contributed by atoms with Gasteiger partial charge >= 0.3 is 5.97 Å². The van der Waals surface area contributed by atoms with Crippen LogP contribution in [0.1, 0.15) is 22.8 Å². The molecule has 0 fully saturated rings. The van der Waals surface area contributed by atoms with E-state index in [2.05, 4.69) is 4.90 Å². The monoisotopic (exact) mass is 579 g/mol. The maximum Gasteiger partial charge on any atom is 0.341 e. The second-order valence-electron chi connectivity index (χ2n) is 9.32. The first kappa shape index (κ1) is 29.3. The highest BCUT2D eigenvalue weighted by Gasteiger charge is 2.23. The minimum absolute atomic E-state index is 0.0104. The number of rotatable bonds is 13. The number of hydrogen-bond acceptors (Lipinski definition) is 6. The van der Waals surface area contributed by atoms with E-state index in [-0.39, 0.29) is 15.5 Å². The van der Waals surface area contributed by atoms with Crippen LogP contribution in [-0.4, -0.2) is 49.2 Å². The summed E-state index contributed by atoms with van der Waals surface area (Å²) in [5.74, 6) is -1.21. The second-order valence-corrected chi connectivity index (χ2v) is 11.7. The van der Waals surface area contributed by atoms with E-state index in [0.29, 0.717) is 31.1 Å². The number of aliphatic hydroxyl groups is 1. The fourth-order valence-corrected chi connectivity index (χ4v) is 5.92. The third-order valence-electron chi connectivity index (χ3n) is 6.35. The molecule has 40 heavy (non-hydrogen) atoms. The quantitative estimate of drug-likeness (QED) is 0.218. The number of para-hydroxylation sites is 1. The summed E-state index contributed by atoms with van der Waals surface area (Å²) in [5, 5.41) is 20.4. The average Bonchev–Trinajstić information content (AvgIpc) is 2.95. The zero-order valence-electron chi connectivity index (χ0n) is 21.7. The van der Waals surface area contributed by atoms with Crippen LogP contribution in [0.3, 0.4) is 0 Å². The Balaban J connectivity index is 1.47. The first-order valence-corrected chi connectivity index (χ1v) is 14.6. The second kappa shape index (κ2) is 13.6. The van der Waals surface area contributed by atoms with Crippen LogP contribution < -0.4 is 4.74 Å². The molecule has 0 heterocycles. The summed E-state index contributed by atoms with van der Waals surface area (Å²) in [6.07, 6.45) is -0.0911. The molecular formula is C31H30ClNO6S. The number of carbonyl (C=O) groups is 1. The fourth-order valence-electron chi connectivity index (χ4n) is 4.32. The number of aliphatic carboxylic acids is 1. The molecule has 2 N–H and O–H groups in total. The Kier molecular flexibility index (Phi) is 9.95. The molecule has 4 rings (SSSR count). The standard InChI is InChI=1S/C31H30ClNO6S/c32-26-10-6-9-25(19-26)28(34)21-33(20-24-7-2-1-3-8-24)18-17-23-13-15-27(16-14-23)40(37,38)30-12-5-4-11-29(30)39-22-31(35)36/h1-16,19,28,34H,17-18,20-22H2,(H,35,36)/t28-/m0/s1. The van der Waals surface area contributed by atoms with Crippen molar-refractivity contribution in [3.05, 3.63) is 125 Å². The van der Waals surface area contributed by atoms with Gasteiger partial charge in [-0.2, -0.15) is 0 Å². The Hall–Kier alpha value is -3.69. The maximum absolute atomic E-state index is 13.3. The molecule has 0 aromatic heterocycles. The fraction of sp³-hybridized carbons (Fsp3) is 0.194. The van der Waals surface area contributed by atoms with Crippen molar-refractivity contribution in [1.29, 1.82) is 0 Å². The van der Waals surface area contributed by atoms with Gasteiger partial charge in [-0.15, -0.1) is 0 Å². The van der Waals surface area contributed by atoms with E-state index in [4.69, 9.17) is 21.4 Å². The van der Waals surface area contributed by atoms with Gasteiger partial charge in [0.2, 0.25) is 9.84 Å². The number of sulfone groups is 1. The van der Waals surface area contributed by atoms with Crippen molar-refractivity contribution >= 4 is 27.4 Å². The molecule has 0 spiro atoms. The van der Waals surface area contributed by atoms with Gasteiger partial charge in [-0.1, -0.05) is 78.3 Å². The van der Waals surface area contributed by atoms with Crippen molar-refractivity contribution in [2.45, 2.75) is 28.9 Å². The summed E-state index contributed by atoms with van der Waals surface area (Å²) in [6.45, 7) is 1.02. The van der Waals surface area contributed by atoms with Crippen LogP contribution in [0.15, 0.2) is 113 Å². The Labute approximate surface area is 239 Å². The highest BCUT2D eigenvalue weighted by molar-refractivity contribution is 7.91. The number of carboxylic acids is 1. The van der Waals surface area contributed by atoms with Crippen LogP contribution >= 0.6 is 11.6 Å². The third kappa shape index (κ3) is 7.92. The largest absolute Gasteiger partial charge is 0.481 e. The van der Waals surface area contributed by atoms with Crippen molar-refractivity contribution in [1.82, 2.24) is 4.90 Å². The summed E-state index contributed by atoms with van der Waals surface area (Å²) in [7, 11) is -3.93. The van der Waals surface area contributed by atoms with Gasteiger partial charge in [0.25, 0.3) is 0 Å². The van der Waals surface area contributed by atoms with Gasteiger partial charge in [0.05, 0.1) is 11.0 Å². The minimum atomic E-state index is -3.93. The molecule has 0 amide bonds. The Morgan fingerprint density at radius 2 is 1.57 bits per heavy atom. The lowest BCUT2D eigenvalue weighted by Gasteiger charge is -2.25. The highest BCUT2D eigenvalue weighted by atomic mass is 35.5. The van der Waals surface area contributed by atoms with Crippen LogP contribution in [0.4, 0.5) is 0 Å². The number of benzene rings is 4. The van der Waals surface area contributed by atoms with Gasteiger partial charge in [0.15, 0.2) is 6.61 Å². The minimum Gasteiger partial charge on any atom is -0.481 e. The van der Waals surface area contributed by atoms with Crippen molar-refractivity contribution in [2.75, 3.05) is 19.7 Å². The predicted molar refractivity (Wildman–Crippen MR) is 153 cm³/mol. The lowest BCUT2D eigenvalue weighted by molar-refractivity contribution is -0.139. The first-order valence-electron chi connectivity index (χ1n) is 12.7. The summed E-state index contributed by atoms with van der Waals surface area (Å²) < 4.78 is 31.8.